The first-order valence-corrected chi connectivity index (χ1v) is 4.97. The van der Waals surface area contributed by atoms with Crippen LogP contribution < -0.4 is 11.5 Å². The minimum atomic E-state index is -0.169. The number of nitrogens with zero attached hydrogens (tertiary/aromatic N) is 1. The number of terminal acetylenes is 1. The van der Waals surface area contributed by atoms with E-state index in [-0.39, 0.29) is 12.5 Å². The van der Waals surface area contributed by atoms with Gasteiger partial charge in [0.25, 0.3) is 5.91 Å². The molecule has 0 aromatic heterocycles. The largest absolute Gasteiger partial charge is 0.399 e. The number of nitrogens with two attached hydrogens (primary N) is 2. The van der Waals surface area contributed by atoms with Crippen molar-refractivity contribution in [2.24, 2.45) is 0 Å². The van der Waals surface area contributed by atoms with Crippen LogP contribution in [0.4, 0.5) is 11.4 Å². The number of carbonyl (C=O) groups excluding carboxylic acids is 1. The van der Waals surface area contributed by atoms with Crippen LogP contribution in [0.25, 0.3) is 0 Å². The summed E-state index contributed by atoms with van der Waals surface area (Å²) in [4.78, 5) is 13.6. The number of carbonyl (C=O) groups is 1. The van der Waals surface area contributed by atoms with Gasteiger partial charge in [-0.2, -0.15) is 0 Å². The van der Waals surface area contributed by atoms with Crippen LogP contribution >= 0.6 is 0 Å². The summed E-state index contributed by atoms with van der Waals surface area (Å²) in [5.74, 6) is 2.27. The lowest BCUT2D eigenvalue weighted by atomic mass is 10.1. The normalized spacial score (nSPS) is 9.50. The molecule has 0 radical (unpaired) electrons. The zero-order valence-corrected chi connectivity index (χ0v) is 9.23. The standard InChI is InChI=1S/C12H15N3O/c1-3-7-15(4-2)12(16)10-6-5-9(13)8-11(10)14/h1,5-6,8H,4,7,13-14H2,2H3. The lowest BCUT2D eigenvalue weighted by Crippen LogP contribution is -2.31. The van der Waals surface area contributed by atoms with Crippen LogP contribution in [0.1, 0.15) is 17.3 Å². The Morgan fingerprint density at radius 1 is 1.50 bits per heavy atom. The van der Waals surface area contributed by atoms with E-state index in [1.54, 1.807) is 23.1 Å². The first kappa shape index (κ1) is 11.9. The molecule has 4 nitrogen and oxygen atoms in total. The summed E-state index contributed by atoms with van der Waals surface area (Å²) in [6.07, 6.45) is 5.19. The molecule has 0 atom stereocenters. The van der Waals surface area contributed by atoms with E-state index >= 15 is 0 Å². The maximum Gasteiger partial charge on any atom is 0.256 e. The fourth-order valence-corrected chi connectivity index (χ4v) is 1.38. The van der Waals surface area contributed by atoms with Gasteiger partial charge >= 0.3 is 0 Å². The van der Waals surface area contributed by atoms with Crippen LogP contribution in [-0.4, -0.2) is 23.9 Å². The third-order valence-electron chi connectivity index (χ3n) is 2.26. The Kier molecular flexibility index (Phi) is 3.78. The highest BCUT2D eigenvalue weighted by molar-refractivity contribution is 5.99. The first-order chi connectivity index (χ1) is 7.60. The smallest absolute Gasteiger partial charge is 0.256 e. The molecule has 1 aromatic carbocycles. The van der Waals surface area contributed by atoms with Gasteiger partial charge in [-0.05, 0) is 25.1 Å². The highest BCUT2D eigenvalue weighted by atomic mass is 16.2. The summed E-state index contributed by atoms with van der Waals surface area (Å²) < 4.78 is 0. The first-order valence-electron chi connectivity index (χ1n) is 4.97. The molecule has 16 heavy (non-hydrogen) atoms. The molecular formula is C12H15N3O. The number of nitrogen functional groups attached to an aromatic ring is 2. The van der Waals surface area contributed by atoms with Gasteiger partial charge in [-0.15, -0.1) is 6.42 Å². The van der Waals surface area contributed by atoms with Crippen molar-refractivity contribution >= 4 is 17.3 Å². The van der Waals surface area contributed by atoms with Crippen molar-refractivity contribution in [1.82, 2.24) is 4.90 Å². The minimum absolute atomic E-state index is 0.169. The lowest BCUT2D eigenvalue weighted by molar-refractivity contribution is 0.0786. The van der Waals surface area contributed by atoms with Gasteiger partial charge in [0.05, 0.1) is 12.1 Å². The molecular weight excluding hydrogens is 202 g/mol. The third-order valence-corrected chi connectivity index (χ3v) is 2.26. The van der Waals surface area contributed by atoms with Gasteiger partial charge in [-0.1, -0.05) is 5.92 Å². The zero-order chi connectivity index (χ0) is 12.1. The molecule has 0 saturated heterocycles. The number of rotatable bonds is 3. The van der Waals surface area contributed by atoms with Crippen molar-refractivity contribution in [3.63, 3.8) is 0 Å². The fourth-order valence-electron chi connectivity index (χ4n) is 1.38. The molecule has 0 aliphatic heterocycles. The van der Waals surface area contributed by atoms with E-state index in [1.807, 2.05) is 6.92 Å². The average Bonchev–Trinajstić information content (AvgIpc) is 2.25. The molecule has 1 rings (SSSR count). The molecule has 0 aliphatic carbocycles. The van der Waals surface area contributed by atoms with Crippen molar-refractivity contribution in [2.45, 2.75) is 6.92 Å². The molecule has 0 unspecified atom stereocenters. The summed E-state index contributed by atoms with van der Waals surface area (Å²) in [7, 11) is 0. The van der Waals surface area contributed by atoms with E-state index < -0.39 is 0 Å². The van der Waals surface area contributed by atoms with Crippen LogP contribution in [0.5, 0.6) is 0 Å². The topological polar surface area (TPSA) is 72.3 Å². The van der Waals surface area contributed by atoms with Crippen molar-refractivity contribution in [2.75, 3.05) is 24.6 Å². The summed E-state index contributed by atoms with van der Waals surface area (Å²) in [6, 6.07) is 4.83. The maximum atomic E-state index is 12.0. The third kappa shape index (κ3) is 2.45. The molecule has 4 N–H and O–H groups in total. The molecule has 0 fully saturated rings. The van der Waals surface area contributed by atoms with Crippen molar-refractivity contribution in [3.05, 3.63) is 23.8 Å². The van der Waals surface area contributed by atoms with Gasteiger partial charge < -0.3 is 16.4 Å². The Balaban J connectivity index is 3.00. The predicted octanol–water partition coefficient (Wildman–Crippen LogP) is 0.946. The van der Waals surface area contributed by atoms with E-state index in [0.717, 1.165) is 0 Å². The lowest BCUT2D eigenvalue weighted by Gasteiger charge is -2.19. The number of hydrogen-bond donors (Lipinski definition) is 2. The van der Waals surface area contributed by atoms with E-state index in [4.69, 9.17) is 17.9 Å². The monoisotopic (exact) mass is 217 g/mol. The average molecular weight is 217 g/mol. The molecule has 0 spiro atoms. The number of anilines is 2. The Morgan fingerprint density at radius 3 is 2.69 bits per heavy atom. The van der Waals surface area contributed by atoms with Crippen LogP contribution in [0.3, 0.4) is 0 Å². The maximum absolute atomic E-state index is 12.0. The van der Waals surface area contributed by atoms with Gasteiger partial charge in [0.15, 0.2) is 0 Å². The van der Waals surface area contributed by atoms with E-state index in [2.05, 4.69) is 5.92 Å². The fraction of sp³-hybridized carbons (Fsp3) is 0.250. The van der Waals surface area contributed by atoms with Gasteiger partial charge in [0.2, 0.25) is 0 Å². The van der Waals surface area contributed by atoms with E-state index in [0.29, 0.717) is 23.5 Å². The van der Waals surface area contributed by atoms with Gasteiger partial charge in [0.1, 0.15) is 0 Å². The second-order valence-electron chi connectivity index (χ2n) is 3.37. The second kappa shape index (κ2) is 5.08. The number of amides is 1. The Bertz CT molecular complexity index is 434. The SMILES string of the molecule is C#CCN(CC)C(=O)c1ccc(N)cc1N. The zero-order valence-electron chi connectivity index (χ0n) is 9.23. The molecule has 4 heteroatoms. The van der Waals surface area contributed by atoms with Gasteiger partial charge in [-0.25, -0.2) is 0 Å². The number of benzene rings is 1. The second-order valence-corrected chi connectivity index (χ2v) is 3.37. The van der Waals surface area contributed by atoms with Gasteiger partial charge in [0, 0.05) is 17.9 Å². The van der Waals surface area contributed by atoms with Gasteiger partial charge in [-0.3, -0.25) is 4.79 Å². The highest BCUT2D eigenvalue weighted by Crippen LogP contribution is 2.17. The summed E-state index contributed by atoms with van der Waals surface area (Å²) in [5, 5.41) is 0. The van der Waals surface area contributed by atoms with Crippen molar-refractivity contribution in [3.8, 4) is 12.3 Å². The summed E-state index contributed by atoms with van der Waals surface area (Å²) in [6.45, 7) is 2.69. The molecule has 1 amide bonds. The molecule has 0 heterocycles. The van der Waals surface area contributed by atoms with E-state index in [9.17, 15) is 4.79 Å². The highest BCUT2D eigenvalue weighted by Gasteiger charge is 2.15. The van der Waals surface area contributed by atoms with Crippen LogP contribution in [0, 0.1) is 12.3 Å². The summed E-state index contributed by atoms with van der Waals surface area (Å²) in [5.41, 5.74) is 12.6. The van der Waals surface area contributed by atoms with Crippen molar-refractivity contribution in [1.29, 1.82) is 0 Å². The van der Waals surface area contributed by atoms with Crippen LogP contribution in [0.2, 0.25) is 0 Å². The predicted molar refractivity (Wildman–Crippen MR) is 65.7 cm³/mol. The molecule has 0 saturated carbocycles. The van der Waals surface area contributed by atoms with E-state index in [1.165, 1.54) is 0 Å². The minimum Gasteiger partial charge on any atom is -0.399 e. The van der Waals surface area contributed by atoms with Crippen LogP contribution in [0.15, 0.2) is 18.2 Å². The molecule has 0 aliphatic rings. The molecule has 1 aromatic rings. The Labute approximate surface area is 95.2 Å². The summed E-state index contributed by atoms with van der Waals surface area (Å²) >= 11 is 0. The van der Waals surface area contributed by atoms with Crippen LogP contribution in [-0.2, 0) is 0 Å². The van der Waals surface area contributed by atoms with Crippen molar-refractivity contribution < 1.29 is 4.79 Å². The number of hydrogen-bond acceptors (Lipinski definition) is 3. The quantitative estimate of drug-likeness (QED) is 0.584. The Morgan fingerprint density at radius 2 is 2.19 bits per heavy atom. The molecule has 84 valence electrons. The molecule has 0 bridgehead atoms. The Hall–Kier alpha value is -2.15.